The van der Waals surface area contributed by atoms with E-state index in [1.54, 1.807) is 38.1 Å². The smallest absolute Gasteiger partial charge is 0.413 e. The van der Waals surface area contributed by atoms with Crippen molar-refractivity contribution in [2.75, 3.05) is 0 Å². The molecule has 0 radical (unpaired) electrons. The van der Waals surface area contributed by atoms with E-state index in [0.717, 1.165) is 0 Å². The number of hydrogen-bond donors (Lipinski definition) is 2. The maximum Gasteiger partial charge on any atom is 0.456 e. The molecule has 0 aliphatic rings. The molecule has 78 valence electrons. The van der Waals surface area contributed by atoms with Gasteiger partial charge in [-0.1, -0.05) is 18.2 Å². The van der Waals surface area contributed by atoms with E-state index in [1.807, 2.05) is 6.07 Å². The lowest BCUT2D eigenvalue weighted by Gasteiger charge is -2.16. The predicted molar refractivity (Wildman–Crippen MR) is 55.2 cm³/mol. The van der Waals surface area contributed by atoms with Gasteiger partial charge in [0.05, 0.1) is 0 Å². The molecular formula is C9H14NO3P. The minimum absolute atomic E-state index is 0.102. The van der Waals surface area contributed by atoms with Crippen molar-refractivity contribution in [1.29, 1.82) is 0 Å². The number of rotatable bonds is 4. The molecule has 1 aromatic rings. The third-order valence-corrected chi connectivity index (χ3v) is 2.69. The monoisotopic (exact) mass is 215 g/mol. The molecule has 1 rings (SSSR count). The van der Waals surface area contributed by atoms with E-state index in [0.29, 0.717) is 5.75 Å². The summed E-state index contributed by atoms with van der Waals surface area (Å²) >= 11 is 0. The molecule has 4 nitrogen and oxygen atoms in total. The summed E-state index contributed by atoms with van der Waals surface area (Å²) in [7, 11) is -3.72. The molecule has 0 fully saturated rings. The van der Waals surface area contributed by atoms with Crippen LogP contribution in [0, 0.1) is 0 Å². The normalized spacial score (nSPS) is 15.1. The predicted octanol–water partition coefficient (Wildman–Crippen LogP) is 2.16. The third kappa shape index (κ3) is 3.92. The molecule has 0 spiro atoms. The first-order valence-electron chi connectivity index (χ1n) is 4.35. The van der Waals surface area contributed by atoms with E-state index < -0.39 is 7.75 Å². The van der Waals surface area contributed by atoms with Crippen molar-refractivity contribution in [3.8, 4) is 5.75 Å². The lowest BCUT2D eigenvalue weighted by Crippen LogP contribution is -2.21. The molecule has 5 heteroatoms. The van der Waals surface area contributed by atoms with Crippen molar-refractivity contribution in [3.63, 3.8) is 0 Å². The fourth-order valence-electron chi connectivity index (χ4n) is 0.977. The Hall–Kier alpha value is -0.830. The zero-order valence-corrected chi connectivity index (χ0v) is 9.07. The van der Waals surface area contributed by atoms with Crippen molar-refractivity contribution in [3.05, 3.63) is 30.3 Å². The van der Waals surface area contributed by atoms with Gasteiger partial charge in [0.2, 0.25) is 0 Å². The Morgan fingerprint density at radius 1 is 1.36 bits per heavy atom. The van der Waals surface area contributed by atoms with Crippen LogP contribution < -0.4 is 9.61 Å². The van der Waals surface area contributed by atoms with E-state index in [9.17, 15) is 9.46 Å². The molecule has 0 aromatic heterocycles. The number of para-hydroxylation sites is 1. The fraction of sp³-hybridized carbons (Fsp3) is 0.333. The van der Waals surface area contributed by atoms with Crippen LogP contribution >= 0.6 is 7.75 Å². The Bertz CT molecular complexity index is 326. The lowest BCUT2D eigenvalue weighted by atomic mass is 10.3. The maximum atomic E-state index is 11.4. The molecule has 0 heterocycles. The third-order valence-electron chi connectivity index (χ3n) is 1.39. The van der Waals surface area contributed by atoms with Crippen molar-refractivity contribution in [1.82, 2.24) is 5.09 Å². The highest BCUT2D eigenvalue weighted by Gasteiger charge is 2.21. The zero-order chi connectivity index (χ0) is 10.6. The first kappa shape index (κ1) is 11.2. The summed E-state index contributed by atoms with van der Waals surface area (Å²) in [6.45, 7) is 3.55. The summed E-state index contributed by atoms with van der Waals surface area (Å²) in [6.07, 6.45) is 0. The summed E-state index contributed by atoms with van der Waals surface area (Å²) in [5.41, 5.74) is 0. The molecule has 0 amide bonds. The van der Waals surface area contributed by atoms with Crippen LogP contribution in [0.3, 0.4) is 0 Å². The molecule has 1 unspecified atom stereocenters. The van der Waals surface area contributed by atoms with Crippen LogP contribution in [0.15, 0.2) is 30.3 Å². The SMILES string of the molecule is CC(C)NP(=O)(O)Oc1ccccc1. The minimum Gasteiger partial charge on any atom is -0.413 e. The van der Waals surface area contributed by atoms with Gasteiger partial charge >= 0.3 is 7.75 Å². The number of benzene rings is 1. The van der Waals surface area contributed by atoms with E-state index in [1.165, 1.54) is 0 Å². The Balaban J connectivity index is 2.64. The largest absolute Gasteiger partial charge is 0.456 e. The lowest BCUT2D eigenvalue weighted by molar-refractivity contribution is 0.358. The van der Waals surface area contributed by atoms with Crippen LogP contribution in [0.4, 0.5) is 0 Å². The van der Waals surface area contributed by atoms with Crippen molar-refractivity contribution in [2.24, 2.45) is 0 Å². The van der Waals surface area contributed by atoms with Crippen molar-refractivity contribution >= 4 is 7.75 Å². The Morgan fingerprint density at radius 2 is 1.93 bits per heavy atom. The van der Waals surface area contributed by atoms with Gasteiger partial charge in [0.1, 0.15) is 5.75 Å². The fourth-order valence-corrected chi connectivity index (χ4v) is 2.09. The molecule has 1 atom stereocenters. The average Bonchev–Trinajstić information content (AvgIpc) is 2.02. The minimum atomic E-state index is -3.72. The summed E-state index contributed by atoms with van der Waals surface area (Å²) in [4.78, 5) is 9.36. The second kappa shape index (κ2) is 4.60. The highest BCUT2D eigenvalue weighted by molar-refractivity contribution is 7.51. The van der Waals surface area contributed by atoms with Crippen LogP contribution in [0.5, 0.6) is 5.75 Å². The molecule has 0 bridgehead atoms. The van der Waals surface area contributed by atoms with E-state index in [4.69, 9.17) is 4.52 Å². The molecular weight excluding hydrogens is 201 g/mol. The van der Waals surface area contributed by atoms with Gasteiger partial charge in [0.25, 0.3) is 0 Å². The van der Waals surface area contributed by atoms with Gasteiger partial charge in [-0.2, -0.15) is 0 Å². The van der Waals surface area contributed by atoms with Crippen LogP contribution in [0.1, 0.15) is 13.8 Å². The highest BCUT2D eigenvalue weighted by atomic mass is 31.2. The highest BCUT2D eigenvalue weighted by Crippen LogP contribution is 2.38. The van der Waals surface area contributed by atoms with Gasteiger partial charge in [-0.05, 0) is 26.0 Å². The standard InChI is InChI=1S/C9H14NO3P/c1-8(2)10-14(11,12)13-9-6-4-3-5-7-9/h3-8H,1-2H3,(H2,10,11,12). The van der Waals surface area contributed by atoms with Crippen LogP contribution in [0.2, 0.25) is 0 Å². The van der Waals surface area contributed by atoms with Crippen LogP contribution in [0.25, 0.3) is 0 Å². The Morgan fingerprint density at radius 3 is 2.43 bits per heavy atom. The van der Waals surface area contributed by atoms with Gasteiger partial charge in [0, 0.05) is 6.04 Å². The summed E-state index contributed by atoms with van der Waals surface area (Å²) in [5, 5.41) is 2.46. The van der Waals surface area contributed by atoms with Gasteiger partial charge < -0.3 is 9.42 Å². The zero-order valence-electron chi connectivity index (χ0n) is 8.18. The van der Waals surface area contributed by atoms with Crippen LogP contribution in [-0.2, 0) is 4.57 Å². The summed E-state index contributed by atoms with van der Waals surface area (Å²) in [6, 6.07) is 8.45. The second-order valence-corrected chi connectivity index (χ2v) is 4.69. The van der Waals surface area contributed by atoms with Crippen LogP contribution in [-0.4, -0.2) is 10.9 Å². The first-order chi connectivity index (χ1) is 6.49. The quantitative estimate of drug-likeness (QED) is 0.755. The average molecular weight is 215 g/mol. The Labute approximate surface area is 83.5 Å². The van der Waals surface area contributed by atoms with Gasteiger partial charge in [-0.15, -0.1) is 0 Å². The molecule has 0 saturated heterocycles. The maximum absolute atomic E-state index is 11.4. The van der Waals surface area contributed by atoms with E-state index in [2.05, 4.69) is 5.09 Å². The van der Waals surface area contributed by atoms with Gasteiger partial charge in [-0.25, -0.2) is 9.65 Å². The second-order valence-electron chi connectivity index (χ2n) is 3.21. The summed E-state index contributed by atoms with van der Waals surface area (Å²) in [5.74, 6) is 0.381. The molecule has 14 heavy (non-hydrogen) atoms. The first-order valence-corrected chi connectivity index (χ1v) is 5.92. The molecule has 1 aromatic carbocycles. The van der Waals surface area contributed by atoms with Crippen molar-refractivity contribution < 1.29 is 14.0 Å². The molecule has 0 saturated carbocycles. The van der Waals surface area contributed by atoms with Gasteiger partial charge in [-0.3, -0.25) is 0 Å². The topological polar surface area (TPSA) is 58.6 Å². The van der Waals surface area contributed by atoms with Gasteiger partial charge in [0.15, 0.2) is 0 Å². The number of hydrogen-bond acceptors (Lipinski definition) is 2. The van der Waals surface area contributed by atoms with E-state index in [-0.39, 0.29) is 6.04 Å². The molecule has 0 aliphatic heterocycles. The summed E-state index contributed by atoms with van der Waals surface area (Å²) < 4.78 is 16.3. The van der Waals surface area contributed by atoms with E-state index >= 15 is 0 Å². The number of nitrogens with one attached hydrogen (secondary N) is 1. The Kier molecular flexibility index (Phi) is 3.69. The molecule has 0 aliphatic carbocycles. The van der Waals surface area contributed by atoms with Crippen molar-refractivity contribution in [2.45, 2.75) is 19.9 Å². The molecule has 2 N–H and O–H groups in total.